The molecule has 0 saturated heterocycles. The van der Waals surface area contributed by atoms with Gasteiger partial charge in [-0.1, -0.05) is 12.1 Å². The average molecular weight is 337 g/mol. The van der Waals surface area contributed by atoms with E-state index in [0.717, 1.165) is 4.47 Å². The number of hydrogen-bond acceptors (Lipinski definition) is 3. The van der Waals surface area contributed by atoms with Gasteiger partial charge in [-0.25, -0.2) is 0 Å². The summed E-state index contributed by atoms with van der Waals surface area (Å²) in [6.45, 7) is -0.0592. The van der Waals surface area contributed by atoms with Gasteiger partial charge in [0.05, 0.1) is 12.8 Å². The Kier molecular flexibility index (Phi) is 4.57. The summed E-state index contributed by atoms with van der Waals surface area (Å²) < 4.78 is 7.21. The molecule has 2 rings (SSSR count). The summed E-state index contributed by atoms with van der Waals surface area (Å²) >= 11 is 3.26. The van der Waals surface area contributed by atoms with Crippen LogP contribution in [0.4, 0.5) is 5.69 Å². The van der Waals surface area contributed by atoms with E-state index >= 15 is 0 Å². The molecule has 6 heteroatoms. The molecule has 20 heavy (non-hydrogen) atoms. The first-order valence-corrected chi connectivity index (χ1v) is 6.68. The van der Waals surface area contributed by atoms with E-state index in [2.05, 4.69) is 21.2 Å². The van der Waals surface area contributed by atoms with Gasteiger partial charge in [-0.05, 0) is 34.1 Å². The van der Waals surface area contributed by atoms with Gasteiger partial charge < -0.3 is 14.6 Å². The Balaban J connectivity index is 2.13. The Labute approximate surface area is 124 Å². The van der Waals surface area contributed by atoms with Crippen LogP contribution in [0, 0.1) is 0 Å². The maximum Gasteiger partial charge on any atom is 0.251 e. The van der Waals surface area contributed by atoms with Crippen LogP contribution in [0.3, 0.4) is 0 Å². The van der Waals surface area contributed by atoms with Gasteiger partial charge in [0.25, 0.3) is 5.56 Å². The number of halogens is 1. The molecule has 0 radical (unpaired) electrons. The molecule has 0 bridgehead atoms. The van der Waals surface area contributed by atoms with Crippen LogP contribution in [-0.2, 0) is 11.3 Å². The summed E-state index contributed by atoms with van der Waals surface area (Å²) in [5.74, 6) is 0.275. The first-order valence-electron chi connectivity index (χ1n) is 5.89. The van der Waals surface area contributed by atoms with Crippen LogP contribution < -0.4 is 15.6 Å². The van der Waals surface area contributed by atoms with Gasteiger partial charge in [-0.15, -0.1) is 0 Å². The summed E-state index contributed by atoms with van der Waals surface area (Å²) in [6.07, 6.45) is 1.57. The number of rotatable bonds is 4. The molecule has 2 aromatic rings. The van der Waals surface area contributed by atoms with Crippen molar-refractivity contribution in [3.63, 3.8) is 0 Å². The quantitative estimate of drug-likeness (QED) is 0.931. The zero-order valence-electron chi connectivity index (χ0n) is 10.8. The maximum absolute atomic E-state index is 12.0. The molecule has 0 saturated carbocycles. The van der Waals surface area contributed by atoms with Crippen molar-refractivity contribution < 1.29 is 9.53 Å². The molecule has 1 aromatic heterocycles. The van der Waals surface area contributed by atoms with Crippen molar-refractivity contribution >= 4 is 27.5 Å². The number of anilines is 1. The Hall–Kier alpha value is -2.08. The molecule has 1 aromatic carbocycles. The lowest BCUT2D eigenvalue weighted by Crippen LogP contribution is -2.26. The third-order valence-corrected chi connectivity index (χ3v) is 3.11. The maximum atomic E-state index is 12.0. The van der Waals surface area contributed by atoms with Gasteiger partial charge in [0, 0.05) is 16.7 Å². The third-order valence-electron chi connectivity index (χ3n) is 2.64. The highest BCUT2D eigenvalue weighted by atomic mass is 79.9. The number of methoxy groups -OCH3 is 1. The SMILES string of the molecule is COc1ccccc1NC(=O)Cn1cc(Br)ccc1=O. The minimum atomic E-state index is -0.297. The average Bonchev–Trinajstić information content (AvgIpc) is 2.43. The molecule has 1 heterocycles. The molecule has 0 aliphatic heterocycles. The normalized spacial score (nSPS) is 10.1. The second kappa shape index (κ2) is 6.38. The Bertz CT molecular complexity index is 682. The smallest absolute Gasteiger partial charge is 0.251 e. The standard InChI is InChI=1S/C14H13BrN2O3/c1-20-12-5-3-2-4-11(12)16-13(18)9-17-8-10(15)6-7-14(17)19/h2-8H,9H2,1H3,(H,16,18). The van der Waals surface area contributed by atoms with Gasteiger partial charge in [-0.3, -0.25) is 9.59 Å². The number of aromatic nitrogens is 1. The summed E-state index contributed by atoms with van der Waals surface area (Å²) in [7, 11) is 1.53. The van der Waals surface area contributed by atoms with Gasteiger partial charge in [0.2, 0.25) is 5.91 Å². The molecule has 0 spiro atoms. The fourth-order valence-corrected chi connectivity index (χ4v) is 2.10. The van der Waals surface area contributed by atoms with Crippen LogP contribution in [-0.4, -0.2) is 17.6 Å². The van der Waals surface area contributed by atoms with E-state index in [1.54, 1.807) is 30.5 Å². The van der Waals surface area contributed by atoms with E-state index in [9.17, 15) is 9.59 Å². The lowest BCUT2D eigenvalue weighted by Gasteiger charge is -2.10. The number of amides is 1. The predicted octanol–water partition coefficient (Wildman–Crippen LogP) is 2.26. The second-order valence-corrected chi connectivity index (χ2v) is 4.98. The van der Waals surface area contributed by atoms with Gasteiger partial charge in [0.1, 0.15) is 12.3 Å². The van der Waals surface area contributed by atoms with Crippen molar-refractivity contribution in [2.45, 2.75) is 6.54 Å². The van der Waals surface area contributed by atoms with Crippen LogP contribution >= 0.6 is 15.9 Å². The fraction of sp³-hybridized carbons (Fsp3) is 0.143. The molecule has 5 nitrogen and oxygen atoms in total. The van der Waals surface area contributed by atoms with Crippen molar-refractivity contribution in [1.82, 2.24) is 4.57 Å². The van der Waals surface area contributed by atoms with E-state index in [1.807, 2.05) is 6.07 Å². The molecule has 0 atom stereocenters. The predicted molar refractivity (Wildman–Crippen MR) is 80.0 cm³/mol. The van der Waals surface area contributed by atoms with Crippen LogP contribution in [0.2, 0.25) is 0 Å². The number of carbonyl (C=O) groups is 1. The first-order chi connectivity index (χ1) is 9.60. The molecule has 0 aliphatic rings. The summed E-state index contributed by atoms with van der Waals surface area (Å²) in [6, 6.07) is 10.1. The van der Waals surface area contributed by atoms with Crippen molar-refractivity contribution in [3.8, 4) is 5.75 Å². The van der Waals surface area contributed by atoms with Crippen LogP contribution in [0.15, 0.2) is 51.9 Å². The van der Waals surface area contributed by atoms with E-state index in [0.29, 0.717) is 11.4 Å². The Morgan fingerprint density at radius 1 is 1.30 bits per heavy atom. The van der Waals surface area contributed by atoms with Gasteiger partial charge in [-0.2, -0.15) is 0 Å². The van der Waals surface area contributed by atoms with E-state index in [-0.39, 0.29) is 18.0 Å². The Morgan fingerprint density at radius 3 is 2.80 bits per heavy atom. The van der Waals surface area contributed by atoms with Crippen molar-refractivity contribution in [2.24, 2.45) is 0 Å². The number of nitrogens with zero attached hydrogens (tertiary/aromatic N) is 1. The highest BCUT2D eigenvalue weighted by Crippen LogP contribution is 2.22. The molecule has 1 amide bonds. The Morgan fingerprint density at radius 2 is 2.05 bits per heavy atom. The fourth-order valence-electron chi connectivity index (χ4n) is 1.72. The number of ether oxygens (including phenoxy) is 1. The molecule has 1 N–H and O–H groups in total. The number of pyridine rings is 1. The van der Waals surface area contributed by atoms with Crippen molar-refractivity contribution in [1.29, 1.82) is 0 Å². The van der Waals surface area contributed by atoms with Crippen LogP contribution in [0.5, 0.6) is 5.75 Å². The zero-order valence-corrected chi connectivity index (χ0v) is 12.4. The number of nitrogens with one attached hydrogen (secondary N) is 1. The molecular formula is C14H13BrN2O3. The second-order valence-electron chi connectivity index (χ2n) is 4.06. The van der Waals surface area contributed by atoms with Crippen molar-refractivity contribution in [3.05, 3.63) is 57.4 Å². The summed E-state index contributed by atoms with van der Waals surface area (Å²) in [5, 5.41) is 2.72. The lowest BCUT2D eigenvalue weighted by atomic mass is 10.3. The topological polar surface area (TPSA) is 60.3 Å². The van der Waals surface area contributed by atoms with Gasteiger partial charge >= 0.3 is 0 Å². The highest BCUT2D eigenvalue weighted by Gasteiger charge is 2.08. The number of para-hydroxylation sites is 2. The summed E-state index contributed by atoms with van der Waals surface area (Å²) in [5.41, 5.74) is 0.339. The number of benzene rings is 1. The third kappa shape index (κ3) is 3.48. The van der Waals surface area contributed by atoms with Crippen LogP contribution in [0.25, 0.3) is 0 Å². The van der Waals surface area contributed by atoms with Gasteiger partial charge in [0.15, 0.2) is 0 Å². The first kappa shape index (κ1) is 14.3. The highest BCUT2D eigenvalue weighted by molar-refractivity contribution is 9.10. The largest absolute Gasteiger partial charge is 0.495 e. The van der Waals surface area contributed by atoms with E-state index < -0.39 is 0 Å². The monoisotopic (exact) mass is 336 g/mol. The van der Waals surface area contributed by atoms with Crippen molar-refractivity contribution in [2.75, 3.05) is 12.4 Å². The molecular weight excluding hydrogens is 324 g/mol. The minimum absolute atomic E-state index is 0.0592. The van der Waals surface area contributed by atoms with E-state index in [1.165, 1.54) is 17.7 Å². The van der Waals surface area contributed by atoms with E-state index in [4.69, 9.17) is 4.74 Å². The molecule has 0 fully saturated rings. The van der Waals surface area contributed by atoms with Crippen LogP contribution in [0.1, 0.15) is 0 Å². The molecule has 0 aliphatic carbocycles. The minimum Gasteiger partial charge on any atom is -0.495 e. The molecule has 0 unspecified atom stereocenters. The lowest BCUT2D eigenvalue weighted by molar-refractivity contribution is -0.116. The molecule has 104 valence electrons. The summed E-state index contributed by atoms with van der Waals surface area (Å²) in [4.78, 5) is 23.6. The number of hydrogen-bond donors (Lipinski definition) is 1. The number of carbonyl (C=O) groups excluding carboxylic acids is 1. The zero-order chi connectivity index (χ0) is 14.5.